The third kappa shape index (κ3) is 4.20. The second-order valence-electron chi connectivity index (χ2n) is 2.99. The summed E-state index contributed by atoms with van der Waals surface area (Å²) in [5.74, 6) is -0.0336. The lowest BCUT2D eigenvalue weighted by Crippen LogP contribution is -2.25. The van der Waals surface area contributed by atoms with Crippen LogP contribution in [0.5, 0.6) is 0 Å². The van der Waals surface area contributed by atoms with Gasteiger partial charge in [-0.05, 0) is 31.7 Å². The molecular weight excluding hydrogens is 279 g/mol. The van der Waals surface area contributed by atoms with Crippen LogP contribution in [0.15, 0.2) is 22.7 Å². The molecule has 0 atom stereocenters. The van der Waals surface area contributed by atoms with Crippen LogP contribution in [0.2, 0.25) is 0 Å². The highest BCUT2D eigenvalue weighted by atomic mass is 79.9. The van der Waals surface area contributed by atoms with Crippen LogP contribution in [-0.2, 0) is 4.79 Å². The van der Waals surface area contributed by atoms with Gasteiger partial charge < -0.3 is 10.6 Å². The Hall–Kier alpha value is -0.580. The molecule has 1 rings (SSSR count). The van der Waals surface area contributed by atoms with Crippen LogP contribution in [0.3, 0.4) is 0 Å². The van der Waals surface area contributed by atoms with Crippen molar-refractivity contribution in [1.29, 1.82) is 0 Å². The zero-order valence-electron chi connectivity index (χ0n) is 8.63. The summed E-state index contributed by atoms with van der Waals surface area (Å²) in [5, 5.41) is 5.62. The molecule has 0 saturated heterocycles. The van der Waals surface area contributed by atoms with E-state index in [0.717, 1.165) is 15.7 Å². The maximum Gasteiger partial charge on any atom is 0.238 e. The maximum absolute atomic E-state index is 11.3. The largest absolute Gasteiger partial charge is 0.325 e. The predicted molar refractivity (Wildman–Crippen MR) is 68.7 cm³/mol. The zero-order valence-corrected chi connectivity index (χ0v) is 11.0. The number of benzene rings is 1. The minimum atomic E-state index is -0.0336. The molecule has 1 amide bonds. The highest BCUT2D eigenvalue weighted by Gasteiger charge is 2.04. The summed E-state index contributed by atoms with van der Waals surface area (Å²) in [6, 6.07) is 5.72. The van der Waals surface area contributed by atoms with Crippen molar-refractivity contribution in [2.24, 2.45) is 0 Å². The maximum atomic E-state index is 11.3. The van der Waals surface area contributed by atoms with Gasteiger partial charge in [0, 0.05) is 10.2 Å². The van der Waals surface area contributed by atoms with Crippen molar-refractivity contribution in [2.75, 3.05) is 18.9 Å². The van der Waals surface area contributed by atoms with Crippen molar-refractivity contribution >= 4 is 39.9 Å². The molecule has 1 aromatic rings. The minimum Gasteiger partial charge on any atom is -0.325 e. The highest BCUT2D eigenvalue weighted by Crippen LogP contribution is 2.23. The minimum absolute atomic E-state index is 0. The molecule has 0 aliphatic carbocycles. The summed E-state index contributed by atoms with van der Waals surface area (Å²) in [4.78, 5) is 11.3. The Labute approximate surface area is 104 Å². The Bertz CT molecular complexity index is 344. The summed E-state index contributed by atoms with van der Waals surface area (Å²) < 4.78 is 1.000. The van der Waals surface area contributed by atoms with Crippen molar-refractivity contribution < 1.29 is 4.79 Å². The molecule has 0 aliphatic heterocycles. The Kier molecular flexibility index (Phi) is 6.56. The molecule has 15 heavy (non-hydrogen) atoms. The van der Waals surface area contributed by atoms with Gasteiger partial charge in [-0.15, -0.1) is 12.4 Å². The molecule has 0 heterocycles. The number of hydrogen-bond acceptors (Lipinski definition) is 2. The first-order chi connectivity index (χ1) is 6.65. The van der Waals surface area contributed by atoms with E-state index in [1.807, 2.05) is 25.1 Å². The van der Waals surface area contributed by atoms with E-state index in [2.05, 4.69) is 26.6 Å². The lowest BCUT2D eigenvalue weighted by Gasteiger charge is -2.08. The van der Waals surface area contributed by atoms with Gasteiger partial charge in [-0.1, -0.05) is 22.0 Å². The van der Waals surface area contributed by atoms with E-state index in [1.54, 1.807) is 7.05 Å². The van der Waals surface area contributed by atoms with Gasteiger partial charge in [0.15, 0.2) is 0 Å². The smallest absolute Gasteiger partial charge is 0.238 e. The van der Waals surface area contributed by atoms with Gasteiger partial charge in [0.05, 0.1) is 6.54 Å². The fraction of sp³-hybridized carbons (Fsp3) is 0.300. The molecule has 84 valence electrons. The number of carbonyl (C=O) groups excluding carboxylic acids is 1. The summed E-state index contributed by atoms with van der Waals surface area (Å²) in [7, 11) is 1.74. The first-order valence-electron chi connectivity index (χ1n) is 4.34. The van der Waals surface area contributed by atoms with E-state index in [4.69, 9.17) is 0 Å². The average Bonchev–Trinajstić information content (AvgIpc) is 2.13. The molecule has 5 heteroatoms. The fourth-order valence-electron chi connectivity index (χ4n) is 1.10. The summed E-state index contributed by atoms with van der Waals surface area (Å²) >= 11 is 3.41. The molecule has 0 aromatic heterocycles. The van der Waals surface area contributed by atoms with Crippen LogP contribution in [0.4, 0.5) is 5.69 Å². The van der Waals surface area contributed by atoms with Crippen molar-refractivity contribution in [1.82, 2.24) is 5.32 Å². The first kappa shape index (κ1) is 14.4. The molecular formula is C10H14BrClN2O. The van der Waals surface area contributed by atoms with E-state index in [9.17, 15) is 4.79 Å². The predicted octanol–water partition coefficient (Wildman–Crippen LogP) is 2.34. The molecule has 0 fully saturated rings. The third-order valence-corrected chi connectivity index (χ3v) is 2.74. The van der Waals surface area contributed by atoms with Gasteiger partial charge >= 0.3 is 0 Å². The number of anilines is 1. The second-order valence-corrected chi connectivity index (χ2v) is 3.85. The van der Waals surface area contributed by atoms with Gasteiger partial charge in [0.25, 0.3) is 0 Å². The van der Waals surface area contributed by atoms with Gasteiger partial charge in [0.2, 0.25) is 5.91 Å². The molecule has 0 aliphatic rings. The van der Waals surface area contributed by atoms with Crippen LogP contribution in [0, 0.1) is 6.92 Å². The molecule has 0 saturated carbocycles. The molecule has 1 aromatic carbocycles. The van der Waals surface area contributed by atoms with Crippen molar-refractivity contribution in [3.05, 3.63) is 28.2 Å². The van der Waals surface area contributed by atoms with E-state index < -0.39 is 0 Å². The van der Waals surface area contributed by atoms with E-state index in [-0.39, 0.29) is 18.3 Å². The molecule has 0 spiro atoms. The quantitative estimate of drug-likeness (QED) is 0.898. The molecule has 3 nitrogen and oxygen atoms in total. The van der Waals surface area contributed by atoms with Crippen molar-refractivity contribution in [2.45, 2.75) is 6.92 Å². The van der Waals surface area contributed by atoms with Crippen LogP contribution in [0.1, 0.15) is 5.56 Å². The monoisotopic (exact) mass is 292 g/mol. The average molecular weight is 294 g/mol. The van der Waals surface area contributed by atoms with Crippen LogP contribution in [0.25, 0.3) is 0 Å². The Morgan fingerprint density at radius 3 is 2.73 bits per heavy atom. The Morgan fingerprint density at radius 1 is 1.47 bits per heavy atom. The number of likely N-dealkylation sites (N-methyl/N-ethyl adjacent to an activating group) is 1. The van der Waals surface area contributed by atoms with Crippen LogP contribution < -0.4 is 10.6 Å². The number of halogens is 2. The Morgan fingerprint density at radius 2 is 2.13 bits per heavy atom. The zero-order chi connectivity index (χ0) is 10.6. The molecule has 0 radical (unpaired) electrons. The summed E-state index contributed by atoms with van der Waals surface area (Å²) in [6.07, 6.45) is 0. The standard InChI is InChI=1S/C10H13BrN2O.ClH/c1-7-8(11)4-3-5-9(7)13-10(14)6-12-2;/h3-5,12H,6H2,1-2H3,(H,13,14);1H. The summed E-state index contributed by atoms with van der Waals surface area (Å²) in [5.41, 5.74) is 1.89. The lowest BCUT2D eigenvalue weighted by atomic mass is 10.2. The van der Waals surface area contributed by atoms with Crippen LogP contribution >= 0.6 is 28.3 Å². The number of rotatable bonds is 3. The summed E-state index contributed by atoms with van der Waals surface area (Å²) in [6.45, 7) is 2.28. The van der Waals surface area contributed by atoms with Crippen molar-refractivity contribution in [3.63, 3.8) is 0 Å². The Balaban J connectivity index is 0.00000196. The van der Waals surface area contributed by atoms with E-state index in [1.165, 1.54) is 0 Å². The lowest BCUT2D eigenvalue weighted by molar-refractivity contribution is -0.115. The highest BCUT2D eigenvalue weighted by molar-refractivity contribution is 9.10. The number of nitrogens with one attached hydrogen (secondary N) is 2. The normalized spacial score (nSPS) is 9.27. The number of carbonyl (C=O) groups is 1. The van der Waals surface area contributed by atoms with Crippen molar-refractivity contribution in [3.8, 4) is 0 Å². The SMILES string of the molecule is CNCC(=O)Nc1cccc(Br)c1C.Cl. The third-order valence-electron chi connectivity index (χ3n) is 1.88. The van der Waals surface area contributed by atoms with Gasteiger partial charge in [-0.25, -0.2) is 0 Å². The molecule has 0 unspecified atom stereocenters. The first-order valence-corrected chi connectivity index (χ1v) is 5.14. The van der Waals surface area contributed by atoms with E-state index in [0.29, 0.717) is 6.54 Å². The number of amides is 1. The topological polar surface area (TPSA) is 41.1 Å². The van der Waals surface area contributed by atoms with Gasteiger partial charge in [-0.3, -0.25) is 4.79 Å². The van der Waals surface area contributed by atoms with E-state index >= 15 is 0 Å². The number of hydrogen-bond donors (Lipinski definition) is 2. The van der Waals surface area contributed by atoms with Gasteiger partial charge in [-0.2, -0.15) is 0 Å². The van der Waals surface area contributed by atoms with Crippen LogP contribution in [-0.4, -0.2) is 19.5 Å². The molecule has 2 N–H and O–H groups in total. The second kappa shape index (κ2) is 6.82. The fourth-order valence-corrected chi connectivity index (χ4v) is 1.46. The molecule has 0 bridgehead atoms. The van der Waals surface area contributed by atoms with Gasteiger partial charge in [0.1, 0.15) is 0 Å².